The summed E-state index contributed by atoms with van der Waals surface area (Å²) in [6.45, 7) is 0. The Morgan fingerprint density at radius 2 is 2.14 bits per heavy atom. The summed E-state index contributed by atoms with van der Waals surface area (Å²) in [5.41, 5.74) is 1.56. The van der Waals surface area contributed by atoms with Crippen LogP contribution in [0.25, 0.3) is 16.2 Å². The number of rotatable bonds is 4. The van der Waals surface area contributed by atoms with E-state index in [0.29, 0.717) is 12.8 Å². The van der Waals surface area contributed by atoms with E-state index in [2.05, 4.69) is 9.98 Å². The predicted molar refractivity (Wildman–Crippen MR) is 83.1 cm³/mol. The lowest BCUT2D eigenvalue weighted by Crippen LogP contribution is -2.36. The molecule has 0 unspecified atom stereocenters. The molecule has 0 amide bonds. The highest BCUT2D eigenvalue weighted by Gasteiger charge is 2.43. The van der Waals surface area contributed by atoms with Gasteiger partial charge in [0, 0.05) is 23.4 Å². The third-order valence-electron chi connectivity index (χ3n) is 3.88. The van der Waals surface area contributed by atoms with Crippen LogP contribution in [-0.2, 0) is 4.79 Å². The number of hydrogen-bond donors (Lipinski definition) is 0. The summed E-state index contributed by atoms with van der Waals surface area (Å²) < 4.78 is 1.93. The number of hydrogen-bond acceptors (Lipinski definition) is 5. The average Bonchev–Trinajstić information content (AvgIpc) is 3.05. The Balaban J connectivity index is 1.84. The summed E-state index contributed by atoms with van der Waals surface area (Å²) in [4.78, 5) is 20.9. The minimum atomic E-state index is -1.10. The average molecular weight is 310 g/mol. The van der Waals surface area contributed by atoms with Crippen molar-refractivity contribution in [2.45, 2.75) is 18.4 Å². The zero-order valence-corrected chi connectivity index (χ0v) is 12.4. The van der Waals surface area contributed by atoms with Crippen molar-refractivity contribution >= 4 is 28.5 Å². The summed E-state index contributed by atoms with van der Waals surface area (Å²) in [6.07, 6.45) is 4.62. The number of carboxylic acids is 1. The van der Waals surface area contributed by atoms with Crippen LogP contribution >= 0.6 is 11.3 Å². The Labute approximate surface area is 130 Å². The van der Waals surface area contributed by atoms with E-state index in [9.17, 15) is 9.90 Å². The van der Waals surface area contributed by atoms with Gasteiger partial charge in [-0.1, -0.05) is 30.3 Å². The molecule has 3 aromatic rings. The van der Waals surface area contributed by atoms with Gasteiger partial charge in [0.05, 0.1) is 17.4 Å². The maximum atomic E-state index is 11.2. The fourth-order valence-corrected chi connectivity index (χ4v) is 3.15. The van der Waals surface area contributed by atoms with Crippen LogP contribution in [0, 0.1) is 0 Å². The number of aliphatic imine (C=N–C) groups is 1. The van der Waals surface area contributed by atoms with E-state index in [1.807, 2.05) is 46.3 Å². The van der Waals surface area contributed by atoms with E-state index in [-0.39, 0.29) is 0 Å². The fourth-order valence-electron chi connectivity index (χ4n) is 2.42. The second-order valence-corrected chi connectivity index (χ2v) is 6.22. The van der Waals surface area contributed by atoms with Crippen molar-refractivity contribution in [2.75, 3.05) is 0 Å². The standard InChI is InChI=1S/C16H13N3O2S/c20-14(21)16(6-7-16)17-10-12-13(11-4-2-1-3-5-11)18-15-19(12)8-9-22-15/h1-5,8-10H,6-7H2,(H,20,21)/p-1. The van der Waals surface area contributed by atoms with Gasteiger partial charge in [0.15, 0.2) is 4.96 Å². The number of thiazole rings is 1. The fraction of sp³-hybridized carbons (Fsp3) is 0.188. The topological polar surface area (TPSA) is 69.8 Å². The number of imidazole rings is 1. The first-order valence-electron chi connectivity index (χ1n) is 6.97. The Morgan fingerprint density at radius 1 is 1.36 bits per heavy atom. The summed E-state index contributed by atoms with van der Waals surface area (Å²) in [7, 11) is 0. The molecule has 110 valence electrons. The third-order valence-corrected chi connectivity index (χ3v) is 4.64. The molecule has 2 heterocycles. The second-order valence-electron chi connectivity index (χ2n) is 5.34. The lowest BCUT2D eigenvalue weighted by molar-refractivity contribution is -0.308. The van der Waals surface area contributed by atoms with Crippen molar-refractivity contribution in [3.63, 3.8) is 0 Å². The SMILES string of the molecule is O=C([O-])C1(N=Cc2c(-c3ccccc3)nc3sccn23)CC1. The Hall–Kier alpha value is -2.47. The second kappa shape index (κ2) is 4.78. The number of carboxylic acid groups (broad SMARTS) is 1. The number of aromatic nitrogens is 2. The molecule has 1 aromatic carbocycles. The molecule has 0 atom stereocenters. The quantitative estimate of drug-likeness (QED) is 0.690. The molecule has 1 aliphatic carbocycles. The zero-order valence-electron chi connectivity index (χ0n) is 11.6. The highest BCUT2D eigenvalue weighted by Crippen LogP contribution is 2.39. The molecule has 1 fully saturated rings. The molecule has 4 rings (SSSR count). The molecule has 0 spiro atoms. The van der Waals surface area contributed by atoms with Crippen molar-refractivity contribution in [1.29, 1.82) is 0 Å². The van der Waals surface area contributed by atoms with Gasteiger partial charge in [0.1, 0.15) is 5.54 Å². The Bertz CT molecular complexity index is 875. The van der Waals surface area contributed by atoms with Crippen molar-refractivity contribution in [1.82, 2.24) is 9.38 Å². The number of fused-ring (bicyclic) bond motifs is 1. The maximum absolute atomic E-state index is 11.2. The first kappa shape index (κ1) is 13.2. The molecule has 2 aromatic heterocycles. The van der Waals surface area contributed by atoms with Crippen molar-refractivity contribution in [3.8, 4) is 11.3 Å². The molecule has 0 bridgehead atoms. The molecule has 22 heavy (non-hydrogen) atoms. The number of nitrogens with zero attached hydrogens (tertiary/aromatic N) is 3. The number of carbonyl (C=O) groups is 1. The minimum absolute atomic E-state index is 0.540. The van der Waals surface area contributed by atoms with E-state index >= 15 is 0 Å². The van der Waals surface area contributed by atoms with Gasteiger partial charge < -0.3 is 9.90 Å². The molecular weight excluding hydrogens is 298 g/mol. The lowest BCUT2D eigenvalue weighted by atomic mass is 10.1. The predicted octanol–water partition coefficient (Wildman–Crippen LogP) is 1.76. The largest absolute Gasteiger partial charge is 0.547 e. The highest BCUT2D eigenvalue weighted by molar-refractivity contribution is 7.15. The van der Waals surface area contributed by atoms with Crippen molar-refractivity contribution < 1.29 is 9.90 Å². The smallest absolute Gasteiger partial charge is 0.194 e. The van der Waals surface area contributed by atoms with Gasteiger partial charge in [-0.25, -0.2) is 4.98 Å². The van der Waals surface area contributed by atoms with Crippen LogP contribution in [0.3, 0.4) is 0 Å². The first-order valence-corrected chi connectivity index (χ1v) is 7.85. The van der Waals surface area contributed by atoms with Gasteiger partial charge in [-0.3, -0.25) is 9.39 Å². The van der Waals surface area contributed by atoms with Crippen LogP contribution in [-0.4, -0.2) is 27.1 Å². The van der Waals surface area contributed by atoms with E-state index < -0.39 is 11.5 Å². The number of carbonyl (C=O) groups excluding carboxylic acids is 1. The number of benzene rings is 1. The van der Waals surface area contributed by atoms with Crippen LogP contribution in [0.2, 0.25) is 0 Å². The summed E-state index contributed by atoms with van der Waals surface area (Å²) in [5.74, 6) is -1.10. The molecule has 1 saturated carbocycles. The van der Waals surface area contributed by atoms with E-state index in [0.717, 1.165) is 21.9 Å². The van der Waals surface area contributed by atoms with Gasteiger partial charge in [0.25, 0.3) is 0 Å². The van der Waals surface area contributed by atoms with Gasteiger partial charge in [-0.15, -0.1) is 11.3 Å². The number of aliphatic carboxylic acids is 1. The maximum Gasteiger partial charge on any atom is 0.194 e. The van der Waals surface area contributed by atoms with Crippen LogP contribution in [0.4, 0.5) is 0 Å². The lowest BCUT2D eigenvalue weighted by Gasteiger charge is -2.10. The monoisotopic (exact) mass is 310 g/mol. The Morgan fingerprint density at radius 3 is 2.82 bits per heavy atom. The van der Waals surface area contributed by atoms with Gasteiger partial charge in [-0.2, -0.15) is 0 Å². The summed E-state index contributed by atoms with van der Waals surface area (Å²) in [6, 6.07) is 9.82. The van der Waals surface area contributed by atoms with E-state index in [4.69, 9.17) is 0 Å². The minimum Gasteiger partial charge on any atom is -0.547 e. The van der Waals surface area contributed by atoms with E-state index in [1.165, 1.54) is 11.3 Å². The molecule has 0 saturated heterocycles. The Kier molecular flexibility index (Phi) is 2.87. The molecule has 0 aliphatic heterocycles. The molecule has 1 aliphatic rings. The summed E-state index contributed by atoms with van der Waals surface area (Å²) >= 11 is 1.53. The molecule has 5 nitrogen and oxygen atoms in total. The van der Waals surface area contributed by atoms with Crippen LogP contribution in [0.5, 0.6) is 0 Å². The molecular formula is C16H12N3O2S-. The van der Waals surface area contributed by atoms with Crippen LogP contribution in [0.15, 0.2) is 46.9 Å². The van der Waals surface area contributed by atoms with E-state index in [1.54, 1.807) is 6.21 Å². The third kappa shape index (κ3) is 2.03. The first-order chi connectivity index (χ1) is 10.7. The normalized spacial score (nSPS) is 16.4. The summed E-state index contributed by atoms with van der Waals surface area (Å²) in [5, 5.41) is 13.1. The van der Waals surface area contributed by atoms with Gasteiger partial charge in [-0.05, 0) is 12.8 Å². The van der Waals surface area contributed by atoms with Gasteiger partial charge >= 0.3 is 0 Å². The van der Waals surface area contributed by atoms with Crippen molar-refractivity contribution in [3.05, 3.63) is 47.6 Å². The molecule has 0 N–H and O–H groups in total. The van der Waals surface area contributed by atoms with Crippen molar-refractivity contribution in [2.24, 2.45) is 4.99 Å². The van der Waals surface area contributed by atoms with Crippen LogP contribution < -0.4 is 5.11 Å². The van der Waals surface area contributed by atoms with Crippen LogP contribution in [0.1, 0.15) is 18.5 Å². The molecule has 0 radical (unpaired) electrons. The van der Waals surface area contributed by atoms with Gasteiger partial charge in [0.2, 0.25) is 0 Å². The zero-order chi connectivity index (χ0) is 15.2. The molecule has 6 heteroatoms. The highest BCUT2D eigenvalue weighted by atomic mass is 32.1.